The van der Waals surface area contributed by atoms with Crippen LogP contribution >= 0.6 is 11.3 Å². The second-order valence-corrected chi connectivity index (χ2v) is 8.17. The number of rotatable bonds is 5. The van der Waals surface area contributed by atoms with Gasteiger partial charge in [0.15, 0.2) is 0 Å². The van der Waals surface area contributed by atoms with Crippen LogP contribution in [0.5, 0.6) is 0 Å². The van der Waals surface area contributed by atoms with E-state index in [1.54, 1.807) is 11.3 Å². The maximum atomic E-state index is 12.3. The molecule has 0 aliphatic carbocycles. The molecule has 0 bridgehead atoms. The van der Waals surface area contributed by atoms with Crippen LogP contribution in [0.2, 0.25) is 0 Å². The molecular formula is C16H28N4O2S. The Balaban J connectivity index is 1.88. The SMILES string of the molecule is CCc1nnc(NC(C)CC2CCCN2C(=O)OC(C)(C)C)s1. The summed E-state index contributed by atoms with van der Waals surface area (Å²) in [6.45, 7) is 10.7. The van der Waals surface area contributed by atoms with Gasteiger partial charge in [-0.25, -0.2) is 4.79 Å². The van der Waals surface area contributed by atoms with E-state index in [0.29, 0.717) is 0 Å². The van der Waals surface area contributed by atoms with Crippen LogP contribution in [-0.2, 0) is 11.2 Å². The molecule has 0 aromatic carbocycles. The lowest BCUT2D eigenvalue weighted by Crippen LogP contribution is -2.41. The van der Waals surface area contributed by atoms with E-state index in [1.165, 1.54) is 0 Å². The van der Waals surface area contributed by atoms with Crippen LogP contribution in [0, 0.1) is 0 Å². The predicted octanol–water partition coefficient (Wildman–Crippen LogP) is 3.69. The molecule has 2 unspecified atom stereocenters. The number of anilines is 1. The third kappa shape index (κ3) is 5.34. The number of carbonyl (C=O) groups is 1. The summed E-state index contributed by atoms with van der Waals surface area (Å²) < 4.78 is 5.52. The highest BCUT2D eigenvalue weighted by Gasteiger charge is 2.33. The first-order valence-electron chi connectivity index (χ1n) is 8.37. The van der Waals surface area contributed by atoms with Gasteiger partial charge in [0.05, 0.1) is 0 Å². The van der Waals surface area contributed by atoms with Gasteiger partial charge in [-0.1, -0.05) is 18.3 Å². The summed E-state index contributed by atoms with van der Waals surface area (Å²) in [6, 6.07) is 0.464. The fraction of sp³-hybridized carbons (Fsp3) is 0.812. The Bertz CT molecular complexity index is 526. The van der Waals surface area contributed by atoms with Gasteiger partial charge in [-0.05, 0) is 53.4 Å². The van der Waals surface area contributed by atoms with E-state index in [2.05, 4.69) is 29.4 Å². The summed E-state index contributed by atoms with van der Waals surface area (Å²) in [4.78, 5) is 14.2. The molecule has 2 heterocycles. The van der Waals surface area contributed by atoms with E-state index >= 15 is 0 Å². The summed E-state index contributed by atoms with van der Waals surface area (Å²) in [7, 11) is 0. The Morgan fingerprint density at radius 1 is 1.48 bits per heavy atom. The standard InChI is InChI=1S/C16H28N4O2S/c1-6-13-18-19-14(23-13)17-11(2)10-12-8-7-9-20(12)15(21)22-16(3,4)5/h11-12H,6-10H2,1-5H3,(H,17,19). The number of nitrogens with zero attached hydrogens (tertiary/aromatic N) is 3. The predicted molar refractivity (Wildman–Crippen MR) is 93.0 cm³/mol. The normalized spacial score (nSPS) is 19.7. The van der Waals surface area contributed by atoms with Crippen LogP contribution in [0.3, 0.4) is 0 Å². The molecule has 1 aromatic heterocycles. The Labute approximate surface area is 142 Å². The Morgan fingerprint density at radius 2 is 2.22 bits per heavy atom. The van der Waals surface area contributed by atoms with Crippen LogP contribution in [0.15, 0.2) is 0 Å². The van der Waals surface area contributed by atoms with Crippen molar-refractivity contribution in [2.24, 2.45) is 0 Å². The average molecular weight is 340 g/mol. The second kappa shape index (κ2) is 7.47. The zero-order chi connectivity index (χ0) is 17.0. The van der Waals surface area contributed by atoms with E-state index < -0.39 is 5.60 Å². The molecule has 1 aliphatic rings. The largest absolute Gasteiger partial charge is 0.444 e. The monoisotopic (exact) mass is 340 g/mol. The highest BCUT2D eigenvalue weighted by atomic mass is 32.1. The molecule has 0 saturated carbocycles. The zero-order valence-electron chi connectivity index (χ0n) is 14.8. The number of hydrogen-bond acceptors (Lipinski definition) is 6. The number of carbonyl (C=O) groups excluding carboxylic acids is 1. The minimum Gasteiger partial charge on any atom is -0.444 e. The quantitative estimate of drug-likeness (QED) is 0.885. The summed E-state index contributed by atoms with van der Waals surface area (Å²) in [5.41, 5.74) is -0.447. The van der Waals surface area contributed by atoms with Gasteiger partial charge >= 0.3 is 6.09 Å². The van der Waals surface area contributed by atoms with E-state index in [0.717, 1.165) is 42.4 Å². The number of hydrogen-bond donors (Lipinski definition) is 1. The van der Waals surface area contributed by atoms with Crippen molar-refractivity contribution in [2.75, 3.05) is 11.9 Å². The van der Waals surface area contributed by atoms with Crippen molar-refractivity contribution in [1.29, 1.82) is 0 Å². The first-order chi connectivity index (χ1) is 10.8. The minimum atomic E-state index is -0.447. The Kier molecular flexibility index (Phi) is 5.84. The van der Waals surface area contributed by atoms with Crippen molar-refractivity contribution in [2.45, 2.75) is 78.0 Å². The van der Waals surface area contributed by atoms with Gasteiger partial charge in [0.2, 0.25) is 5.13 Å². The van der Waals surface area contributed by atoms with Crippen molar-refractivity contribution < 1.29 is 9.53 Å². The molecule has 7 heteroatoms. The van der Waals surface area contributed by atoms with Gasteiger partial charge in [-0.2, -0.15) is 0 Å². The zero-order valence-corrected chi connectivity index (χ0v) is 15.6. The summed E-state index contributed by atoms with van der Waals surface area (Å²) in [5.74, 6) is 0. The summed E-state index contributed by atoms with van der Waals surface area (Å²) >= 11 is 1.60. The lowest BCUT2D eigenvalue weighted by Gasteiger charge is -2.30. The highest BCUT2D eigenvalue weighted by Crippen LogP contribution is 2.25. The molecule has 2 rings (SSSR count). The van der Waals surface area contributed by atoms with Crippen LogP contribution in [-0.4, -0.2) is 45.4 Å². The fourth-order valence-corrected chi connectivity index (χ4v) is 3.57. The molecule has 1 aromatic rings. The third-order valence-corrected chi connectivity index (χ3v) is 4.77. The lowest BCUT2D eigenvalue weighted by atomic mass is 10.1. The van der Waals surface area contributed by atoms with Crippen LogP contribution in [0.1, 0.15) is 58.9 Å². The van der Waals surface area contributed by atoms with Crippen LogP contribution in [0.4, 0.5) is 9.93 Å². The van der Waals surface area contributed by atoms with E-state index in [4.69, 9.17) is 4.74 Å². The first-order valence-corrected chi connectivity index (χ1v) is 9.18. The van der Waals surface area contributed by atoms with Gasteiger partial charge in [0.1, 0.15) is 10.6 Å². The number of aromatic nitrogens is 2. The van der Waals surface area contributed by atoms with Crippen molar-refractivity contribution in [3.05, 3.63) is 5.01 Å². The Hall–Kier alpha value is -1.37. The molecule has 1 aliphatic heterocycles. The van der Waals surface area contributed by atoms with Gasteiger partial charge < -0.3 is 15.0 Å². The van der Waals surface area contributed by atoms with Crippen molar-refractivity contribution >= 4 is 22.6 Å². The molecule has 0 spiro atoms. The van der Waals surface area contributed by atoms with Gasteiger partial charge in [-0.3, -0.25) is 0 Å². The summed E-state index contributed by atoms with van der Waals surface area (Å²) in [5, 5.41) is 13.6. The maximum absolute atomic E-state index is 12.3. The smallest absolute Gasteiger partial charge is 0.410 e. The van der Waals surface area contributed by atoms with Crippen molar-refractivity contribution in [3.8, 4) is 0 Å². The van der Waals surface area contributed by atoms with Crippen LogP contribution in [0.25, 0.3) is 0 Å². The lowest BCUT2D eigenvalue weighted by molar-refractivity contribution is 0.0218. The average Bonchev–Trinajstić information content (AvgIpc) is 3.05. The molecule has 23 heavy (non-hydrogen) atoms. The van der Waals surface area contributed by atoms with Gasteiger partial charge in [0, 0.05) is 18.6 Å². The van der Waals surface area contributed by atoms with E-state index in [1.807, 2.05) is 25.7 Å². The molecule has 1 N–H and O–H groups in total. The van der Waals surface area contributed by atoms with Gasteiger partial charge in [-0.15, -0.1) is 10.2 Å². The molecule has 1 saturated heterocycles. The number of aryl methyl sites for hydroxylation is 1. The topological polar surface area (TPSA) is 67.4 Å². The Morgan fingerprint density at radius 3 is 2.83 bits per heavy atom. The molecule has 1 amide bonds. The molecule has 130 valence electrons. The number of nitrogens with one attached hydrogen (secondary N) is 1. The number of ether oxygens (including phenoxy) is 1. The van der Waals surface area contributed by atoms with Crippen molar-refractivity contribution in [1.82, 2.24) is 15.1 Å². The van der Waals surface area contributed by atoms with E-state index in [9.17, 15) is 4.79 Å². The molecule has 2 atom stereocenters. The number of likely N-dealkylation sites (tertiary alicyclic amines) is 1. The van der Waals surface area contributed by atoms with Crippen molar-refractivity contribution in [3.63, 3.8) is 0 Å². The molecule has 6 nitrogen and oxygen atoms in total. The first kappa shape index (κ1) is 18.0. The van der Waals surface area contributed by atoms with Gasteiger partial charge in [0.25, 0.3) is 0 Å². The maximum Gasteiger partial charge on any atom is 0.410 e. The minimum absolute atomic E-state index is 0.198. The van der Waals surface area contributed by atoms with Crippen LogP contribution < -0.4 is 5.32 Å². The molecular weight excluding hydrogens is 312 g/mol. The molecule has 0 radical (unpaired) electrons. The second-order valence-electron chi connectivity index (χ2n) is 7.11. The highest BCUT2D eigenvalue weighted by molar-refractivity contribution is 7.15. The third-order valence-electron chi connectivity index (χ3n) is 3.77. The molecule has 1 fully saturated rings. The number of amides is 1. The van der Waals surface area contributed by atoms with E-state index in [-0.39, 0.29) is 18.2 Å². The summed E-state index contributed by atoms with van der Waals surface area (Å²) in [6.07, 6.45) is 3.66. The fourth-order valence-electron chi connectivity index (χ4n) is 2.77.